The van der Waals surface area contributed by atoms with E-state index in [-0.39, 0.29) is 0 Å². The average molecular weight is 208 g/mol. The van der Waals surface area contributed by atoms with Gasteiger partial charge in [0.2, 0.25) is 0 Å². The maximum atomic E-state index is 11.0. The Morgan fingerprint density at radius 3 is 2.53 bits per heavy atom. The van der Waals surface area contributed by atoms with E-state index < -0.39 is 12.1 Å². The van der Waals surface area contributed by atoms with E-state index in [1.165, 1.54) is 7.11 Å². The Hall–Kier alpha value is -1.35. The number of hydrogen-bond donors (Lipinski definition) is 1. The summed E-state index contributed by atoms with van der Waals surface area (Å²) in [5, 5.41) is 9.52. The topological polar surface area (TPSA) is 46.5 Å². The van der Waals surface area contributed by atoms with Gasteiger partial charge in [-0.25, -0.2) is 4.79 Å². The maximum Gasteiger partial charge on any atom is 0.335 e. The highest BCUT2D eigenvalue weighted by Crippen LogP contribution is 2.12. The largest absolute Gasteiger partial charge is 0.467 e. The molecule has 3 heteroatoms. The Kier molecular flexibility index (Phi) is 4.31. The van der Waals surface area contributed by atoms with Crippen LogP contribution in [0.3, 0.4) is 0 Å². The van der Waals surface area contributed by atoms with Gasteiger partial charge >= 0.3 is 5.97 Å². The Morgan fingerprint density at radius 1 is 1.40 bits per heavy atom. The third-order valence-electron chi connectivity index (χ3n) is 2.39. The summed E-state index contributed by atoms with van der Waals surface area (Å²) in [5.74, 6) is -0.582. The zero-order chi connectivity index (χ0) is 11.3. The molecule has 82 valence electrons. The summed E-state index contributed by atoms with van der Waals surface area (Å²) in [6.07, 6.45) is 0.142. The van der Waals surface area contributed by atoms with Crippen LogP contribution in [0.15, 0.2) is 24.3 Å². The Labute approximate surface area is 89.7 Å². The fourth-order valence-corrected chi connectivity index (χ4v) is 1.53. The van der Waals surface area contributed by atoms with Gasteiger partial charge < -0.3 is 9.84 Å². The van der Waals surface area contributed by atoms with E-state index in [2.05, 4.69) is 4.74 Å². The van der Waals surface area contributed by atoms with Crippen molar-refractivity contribution >= 4 is 5.97 Å². The molecule has 1 unspecified atom stereocenters. The molecule has 1 aromatic rings. The smallest absolute Gasteiger partial charge is 0.335 e. The number of esters is 1. The molecule has 0 heterocycles. The van der Waals surface area contributed by atoms with E-state index >= 15 is 0 Å². The molecule has 3 nitrogen and oxygen atoms in total. The van der Waals surface area contributed by atoms with Crippen LogP contribution < -0.4 is 0 Å². The van der Waals surface area contributed by atoms with Crippen molar-refractivity contribution in [1.29, 1.82) is 0 Å². The van der Waals surface area contributed by atoms with Crippen LogP contribution >= 0.6 is 0 Å². The first-order valence-electron chi connectivity index (χ1n) is 5.01. The number of benzene rings is 1. The predicted octanol–water partition coefficient (Wildman–Crippen LogP) is 1.33. The minimum atomic E-state index is -1.07. The van der Waals surface area contributed by atoms with Crippen molar-refractivity contribution in [3.8, 4) is 0 Å². The number of rotatable bonds is 4. The van der Waals surface area contributed by atoms with Crippen molar-refractivity contribution in [3.05, 3.63) is 35.4 Å². The summed E-state index contributed by atoms with van der Waals surface area (Å²) in [6, 6.07) is 7.77. The molecule has 0 spiro atoms. The van der Waals surface area contributed by atoms with Crippen LogP contribution in [0.4, 0.5) is 0 Å². The van der Waals surface area contributed by atoms with Gasteiger partial charge in [0.1, 0.15) is 0 Å². The van der Waals surface area contributed by atoms with E-state index in [0.717, 1.165) is 17.5 Å². The Morgan fingerprint density at radius 2 is 2.00 bits per heavy atom. The van der Waals surface area contributed by atoms with Gasteiger partial charge in [-0.2, -0.15) is 0 Å². The average Bonchev–Trinajstić information content (AvgIpc) is 2.28. The first kappa shape index (κ1) is 11.7. The van der Waals surface area contributed by atoms with E-state index in [1.54, 1.807) is 0 Å². The second kappa shape index (κ2) is 5.51. The van der Waals surface area contributed by atoms with Crippen molar-refractivity contribution in [2.75, 3.05) is 7.11 Å². The van der Waals surface area contributed by atoms with Crippen LogP contribution in [0.5, 0.6) is 0 Å². The SMILES string of the molecule is CCc1ccccc1CC(O)C(=O)OC. The molecular weight excluding hydrogens is 192 g/mol. The molecule has 0 amide bonds. The lowest BCUT2D eigenvalue weighted by Gasteiger charge is -2.11. The molecule has 0 aromatic heterocycles. The molecule has 0 aliphatic rings. The van der Waals surface area contributed by atoms with Gasteiger partial charge in [-0.1, -0.05) is 31.2 Å². The summed E-state index contributed by atoms with van der Waals surface area (Å²) in [5.41, 5.74) is 2.15. The second-order valence-corrected chi connectivity index (χ2v) is 3.37. The number of methoxy groups -OCH3 is 1. The van der Waals surface area contributed by atoms with E-state index in [9.17, 15) is 9.90 Å². The number of carbonyl (C=O) groups excluding carboxylic acids is 1. The van der Waals surface area contributed by atoms with Gasteiger partial charge in [-0.05, 0) is 17.5 Å². The monoisotopic (exact) mass is 208 g/mol. The number of aliphatic hydroxyl groups is 1. The molecule has 0 aliphatic carbocycles. The van der Waals surface area contributed by atoms with Gasteiger partial charge in [0.05, 0.1) is 7.11 Å². The summed E-state index contributed by atoms with van der Waals surface area (Å²) in [6.45, 7) is 2.04. The number of aliphatic hydroxyl groups excluding tert-OH is 1. The zero-order valence-corrected chi connectivity index (χ0v) is 9.06. The summed E-state index contributed by atoms with van der Waals surface area (Å²) in [7, 11) is 1.28. The Bertz CT molecular complexity index is 333. The minimum absolute atomic E-state index is 0.316. The quantitative estimate of drug-likeness (QED) is 0.759. The zero-order valence-electron chi connectivity index (χ0n) is 9.06. The first-order chi connectivity index (χ1) is 7.19. The van der Waals surface area contributed by atoms with Crippen molar-refractivity contribution < 1.29 is 14.6 Å². The number of carbonyl (C=O) groups is 1. The molecule has 0 saturated heterocycles. The van der Waals surface area contributed by atoms with Gasteiger partial charge in [0.15, 0.2) is 6.10 Å². The van der Waals surface area contributed by atoms with Crippen LogP contribution in [0.1, 0.15) is 18.1 Å². The second-order valence-electron chi connectivity index (χ2n) is 3.37. The number of ether oxygens (including phenoxy) is 1. The lowest BCUT2D eigenvalue weighted by molar-refractivity contribution is -0.150. The highest BCUT2D eigenvalue weighted by atomic mass is 16.5. The molecule has 1 rings (SSSR count). The number of aryl methyl sites for hydroxylation is 1. The normalized spacial score (nSPS) is 12.2. The summed E-state index contributed by atoms with van der Waals surface area (Å²) >= 11 is 0. The third-order valence-corrected chi connectivity index (χ3v) is 2.39. The van der Waals surface area contributed by atoms with E-state index in [4.69, 9.17) is 0 Å². The van der Waals surface area contributed by atoms with Gasteiger partial charge in [-0.3, -0.25) is 0 Å². The van der Waals surface area contributed by atoms with Gasteiger partial charge in [-0.15, -0.1) is 0 Å². The fourth-order valence-electron chi connectivity index (χ4n) is 1.53. The molecule has 1 atom stereocenters. The highest BCUT2D eigenvalue weighted by Gasteiger charge is 2.16. The van der Waals surface area contributed by atoms with Crippen LogP contribution in [0, 0.1) is 0 Å². The summed E-state index contributed by atoms with van der Waals surface area (Å²) in [4.78, 5) is 11.0. The lowest BCUT2D eigenvalue weighted by Crippen LogP contribution is -2.24. The van der Waals surface area contributed by atoms with Crippen molar-refractivity contribution in [2.45, 2.75) is 25.9 Å². The molecule has 0 radical (unpaired) electrons. The summed E-state index contributed by atoms with van der Waals surface area (Å²) < 4.78 is 4.47. The predicted molar refractivity (Wildman–Crippen MR) is 57.5 cm³/mol. The van der Waals surface area contributed by atoms with Crippen molar-refractivity contribution in [3.63, 3.8) is 0 Å². The van der Waals surface area contributed by atoms with Crippen molar-refractivity contribution in [1.82, 2.24) is 0 Å². The molecule has 1 aromatic carbocycles. The molecule has 0 bridgehead atoms. The minimum Gasteiger partial charge on any atom is -0.467 e. The molecular formula is C12H16O3. The van der Waals surface area contributed by atoms with Crippen LogP contribution in [0.25, 0.3) is 0 Å². The number of hydrogen-bond acceptors (Lipinski definition) is 3. The third kappa shape index (κ3) is 3.06. The standard InChI is InChI=1S/C12H16O3/c1-3-9-6-4-5-7-10(9)8-11(13)12(14)15-2/h4-7,11,13H,3,8H2,1-2H3. The van der Waals surface area contributed by atoms with Crippen LogP contribution in [-0.2, 0) is 22.4 Å². The van der Waals surface area contributed by atoms with E-state index in [1.807, 2.05) is 31.2 Å². The lowest BCUT2D eigenvalue weighted by atomic mass is 10.00. The first-order valence-corrected chi connectivity index (χ1v) is 5.01. The Balaban J connectivity index is 2.75. The molecule has 0 fully saturated rings. The van der Waals surface area contributed by atoms with Gasteiger partial charge in [0.25, 0.3) is 0 Å². The molecule has 0 aliphatic heterocycles. The fraction of sp³-hybridized carbons (Fsp3) is 0.417. The molecule has 15 heavy (non-hydrogen) atoms. The molecule has 0 saturated carbocycles. The van der Waals surface area contributed by atoms with E-state index in [0.29, 0.717) is 6.42 Å². The highest BCUT2D eigenvalue weighted by molar-refractivity contribution is 5.74. The van der Waals surface area contributed by atoms with Crippen LogP contribution in [0.2, 0.25) is 0 Å². The van der Waals surface area contributed by atoms with Crippen molar-refractivity contribution in [2.24, 2.45) is 0 Å². The van der Waals surface area contributed by atoms with Crippen LogP contribution in [-0.4, -0.2) is 24.3 Å². The van der Waals surface area contributed by atoms with Gasteiger partial charge in [0, 0.05) is 6.42 Å². The molecule has 1 N–H and O–H groups in total. The maximum absolute atomic E-state index is 11.0.